The Morgan fingerprint density at radius 2 is 1.59 bits per heavy atom. The number of carbonyl (C=O) groups excluding carboxylic acids is 1. The van der Waals surface area contributed by atoms with Gasteiger partial charge in [0.2, 0.25) is 0 Å². The third-order valence-corrected chi connectivity index (χ3v) is 4.30. The fourth-order valence-corrected chi connectivity index (χ4v) is 2.79. The maximum absolute atomic E-state index is 12.2. The quantitative estimate of drug-likeness (QED) is 0.517. The summed E-state index contributed by atoms with van der Waals surface area (Å²) >= 11 is 0. The minimum atomic E-state index is -3.82. The molecule has 0 aliphatic carbocycles. The van der Waals surface area contributed by atoms with E-state index in [-0.39, 0.29) is 22.1 Å². The Morgan fingerprint density at radius 3 is 2.05 bits per heavy atom. The smallest absolute Gasteiger partial charge is 0.269 e. The van der Waals surface area contributed by atoms with Gasteiger partial charge in [-0.05, 0) is 31.2 Å². The van der Waals surface area contributed by atoms with Crippen molar-refractivity contribution in [3.63, 3.8) is 0 Å². The van der Waals surface area contributed by atoms with Crippen LogP contribution in [0.3, 0.4) is 0 Å². The number of carbonyl (C=O) groups is 1. The van der Waals surface area contributed by atoms with E-state index in [4.69, 9.17) is 0 Å². The Morgan fingerprint density at radius 1 is 1.05 bits per heavy atom. The number of ketones is 1. The summed E-state index contributed by atoms with van der Waals surface area (Å²) in [5.74, 6) is -0.160. The Bertz CT molecular complexity index is 811. The summed E-state index contributed by atoms with van der Waals surface area (Å²) < 4.78 is 26.7. The molecule has 0 atom stereocenters. The summed E-state index contributed by atoms with van der Waals surface area (Å²) in [6.45, 7) is 1.39. The molecule has 0 aliphatic rings. The molecule has 0 spiro atoms. The van der Waals surface area contributed by atoms with E-state index in [0.29, 0.717) is 5.56 Å². The van der Waals surface area contributed by atoms with Gasteiger partial charge in [-0.3, -0.25) is 19.6 Å². The zero-order valence-corrected chi connectivity index (χ0v) is 12.3. The molecule has 0 unspecified atom stereocenters. The van der Waals surface area contributed by atoms with Crippen molar-refractivity contribution in [2.75, 3.05) is 4.72 Å². The zero-order valence-electron chi connectivity index (χ0n) is 11.5. The first-order chi connectivity index (χ1) is 10.3. The van der Waals surface area contributed by atoms with Crippen molar-refractivity contribution >= 4 is 27.2 Å². The van der Waals surface area contributed by atoms with Crippen LogP contribution in [0.1, 0.15) is 17.3 Å². The normalized spacial score (nSPS) is 11.0. The second kappa shape index (κ2) is 5.94. The van der Waals surface area contributed by atoms with Crippen molar-refractivity contribution in [1.82, 2.24) is 0 Å². The van der Waals surface area contributed by atoms with Gasteiger partial charge in [0.1, 0.15) is 0 Å². The van der Waals surface area contributed by atoms with E-state index in [0.717, 1.165) is 0 Å². The number of anilines is 1. The third kappa shape index (κ3) is 3.47. The molecule has 22 heavy (non-hydrogen) atoms. The lowest BCUT2D eigenvalue weighted by Gasteiger charge is -2.08. The number of rotatable bonds is 5. The Balaban J connectivity index is 2.23. The van der Waals surface area contributed by atoms with Gasteiger partial charge in [0, 0.05) is 23.4 Å². The average molecular weight is 320 g/mol. The minimum Gasteiger partial charge on any atom is -0.295 e. The largest absolute Gasteiger partial charge is 0.295 e. The van der Waals surface area contributed by atoms with Gasteiger partial charge in [0.05, 0.1) is 9.82 Å². The van der Waals surface area contributed by atoms with E-state index >= 15 is 0 Å². The number of nitro benzene ring substituents is 1. The van der Waals surface area contributed by atoms with Gasteiger partial charge in [-0.15, -0.1) is 0 Å². The summed E-state index contributed by atoms with van der Waals surface area (Å²) in [5.41, 5.74) is 0.490. The monoisotopic (exact) mass is 320 g/mol. The molecule has 114 valence electrons. The highest BCUT2D eigenvalue weighted by Crippen LogP contribution is 2.19. The molecule has 7 nitrogen and oxygen atoms in total. The average Bonchev–Trinajstić information content (AvgIpc) is 2.47. The van der Waals surface area contributed by atoms with Crippen molar-refractivity contribution in [2.24, 2.45) is 0 Å². The first-order valence-corrected chi connectivity index (χ1v) is 7.66. The van der Waals surface area contributed by atoms with E-state index in [1.807, 2.05) is 0 Å². The molecule has 2 aromatic carbocycles. The summed E-state index contributed by atoms with van der Waals surface area (Å²) in [4.78, 5) is 21.1. The number of hydrogen-bond acceptors (Lipinski definition) is 5. The second-order valence-corrected chi connectivity index (χ2v) is 6.17. The van der Waals surface area contributed by atoms with E-state index in [9.17, 15) is 23.3 Å². The van der Waals surface area contributed by atoms with Crippen molar-refractivity contribution in [2.45, 2.75) is 11.8 Å². The number of non-ortho nitro benzene ring substituents is 1. The molecule has 2 rings (SSSR count). The molecule has 8 heteroatoms. The third-order valence-electron chi connectivity index (χ3n) is 2.90. The van der Waals surface area contributed by atoms with Crippen LogP contribution < -0.4 is 4.72 Å². The molecular formula is C14H12N2O5S. The molecule has 0 heterocycles. The summed E-state index contributed by atoms with van der Waals surface area (Å²) in [6, 6.07) is 10.5. The molecule has 0 aliphatic heterocycles. The summed E-state index contributed by atoms with van der Waals surface area (Å²) in [6.07, 6.45) is 0. The highest BCUT2D eigenvalue weighted by atomic mass is 32.2. The number of Topliss-reactive ketones (excluding diaryl/α,β-unsaturated/α-hetero) is 1. The Kier molecular flexibility index (Phi) is 4.22. The van der Waals surface area contributed by atoms with Crippen LogP contribution in [0.2, 0.25) is 0 Å². The van der Waals surface area contributed by atoms with Gasteiger partial charge in [-0.1, -0.05) is 12.1 Å². The Labute approximate surface area is 126 Å². The number of nitrogens with one attached hydrogen (secondary N) is 1. The van der Waals surface area contributed by atoms with E-state index in [1.54, 1.807) is 0 Å². The topological polar surface area (TPSA) is 106 Å². The summed E-state index contributed by atoms with van der Waals surface area (Å²) in [7, 11) is -3.82. The minimum absolute atomic E-state index is 0.00384. The predicted molar refractivity (Wildman–Crippen MR) is 80.4 cm³/mol. The predicted octanol–water partition coefficient (Wildman–Crippen LogP) is 2.60. The Hall–Kier alpha value is -2.74. The molecule has 0 radical (unpaired) electrons. The first-order valence-electron chi connectivity index (χ1n) is 6.18. The van der Waals surface area contributed by atoms with Crippen molar-refractivity contribution in [3.05, 3.63) is 64.2 Å². The van der Waals surface area contributed by atoms with Crippen molar-refractivity contribution in [3.8, 4) is 0 Å². The molecule has 0 saturated carbocycles. The van der Waals surface area contributed by atoms with Gasteiger partial charge in [-0.2, -0.15) is 0 Å². The van der Waals surface area contributed by atoms with Gasteiger partial charge in [-0.25, -0.2) is 8.42 Å². The molecule has 0 saturated heterocycles. The number of nitro groups is 1. The lowest BCUT2D eigenvalue weighted by atomic mass is 10.2. The fraction of sp³-hybridized carbons (Fsp3) is 0.0714. The highest BCUT2D eigenvalue weighted by molar-refractivity contribution is 7.92. The molecular weight excluding hydrogens is 308 g/mol. The van der Waals surface area contributed by atoms with Gasteiger partial charge in [0.15, 0.2) is 5.78 Å². The fourth-order valence-electron chi connectivity index (χ4n) is 1.73. The van der Waals surface area contributed by atoms with E-state index < -0.39 is 14.9 Å². The number of benzene rings is 2. The summed E-state index contributed by atoms with van der Waals surface area (Å²) in [5, 5.41) is 10.5. The van der Waals surface area contributed by atoms with Gasteiger partial charge >= 0.3 is 0 Å². The van der Waals surface area contributed by atoms with Crippen LogP contribution in [-0.2, 0) is 10.0 Å². The maximum atomic E-state index is 12.2. The van der Waals surface area contributed by atoms with Crippen LogP contribution in [0.15, 0.2) is 53.4 Å². The first kappa shape index (κ1) is 15.6. The number of nitrogens with zero attached hydrogens (tertiary/aromatic N) is 1. The van der Waals surface area contributed by atoms with E-state index in [1.165, 1.54) is 55.5 Å². The van der Waals surface area contributed by atoms with Crippen molar-refractivity contribution < 1.29 is 18.1 Å². The maximum Gasteiger partial charge on any atom is 0.269 e. The second-order valence-electron chi connectivity index (χ2n) is 4.49. The lowest BCUT2D eigenvalue weighted by Crippen LogP contribution is -2.13. The van der Waals surface area contributed by atoms with Crippen LogP contribution in [0.4, 0.5) is 11.4 Å². The molecule has 2 aromatic rings. The van der Waals surface area contributed by atoms with Crippen LogP contribution in [-0.4, -0.2) is 19.1 Å². The van der Waals surface area contributed by atoms with Gasteiger partial charge in [0.25, 0.3) is 15.7 Å². The van der Waals surface area contributed by atoms with Crippen LogP contribution in [0.5, 0.6) is 0 Å². The molecule has 1 N–H and O–H groups in total. The molecule has 0 fully saturated rings. The lowest BCUT2D eigenvalue weighted by molar-refractivity contribution is -0.384. The highest BCUT2D eigenvalue weighted by Gasteiger charge is 2.15. The van der Waals surface area contributed by atoms with Crippen LogP contribution >= 0.6 is 0 Å². The zero-order chi connectivity index (χ0) is 16.3. The molecule has 0 amide bonds. The molecule has 0 bridgehead atoms. The van der Waals surface area contributed by atoms with Gasteiger partial charge < -0.3 is 0 Å². The SMILES string of the molecule is CC(=O)c1ccc(S(=O)(=O)Nc2ccc([N+](=O)[O-])cc2)cc1. The van der Waals surface area contributed by atoms with Crippen LogP contribution in [0.25, 0.3) is 0 Å². The number of hydrogen-bond donors (Lipinski definition) is 1. The number of sulfonamides is 1. The standard InChI is InChI=1S/C14H12N2O5S/c1-10(17)11-2-8-14(9-3-11)22(20,21)15-12-4-6-13(7-5-12)16(18)19/h2-9,15H,1H3. The van der Waals surface area contributed by atoms with Crippen molar-refractivity contribution in [1.29, 1.82) is 0 Å². The van der Waals surface area contributed by atoms with E-state index in [2.05, 4.69) is 4.72 Å². The molecule has 0 aromatic heterocycles. The van der Waals surface area contributed by atoms with Crippen LogP contribution in [0, 0.1) is 10.1 Å².